The van der Waals surface area contributed by atoms with E-state index in [0.29, 0.717) is 0 Å². The van der Waals surface area contributed by atoms with Gasteiger partial charge in [0.05, 0.1) is 0 Å². The molecule has 5 heteroatoms. The van der Waals surface area contributed by atoms with Crippen LogP contribution in [0, 0.1) is 0 Å². The highest BCUT2D eigenvalue weighted by Gasteiger charge is 2.04. The Bertz CT molecular complexity index is 552. The van der Waals surface area contributed by atoms with Gasteiger partial charge in [-0.2, -0.15) is 11.8 Å². The number of anilines is 2. The van der Waals surface area contributed by atoms with Gasteiger partial charge in [-0.05, 0) is 43.5 Å². The van der Waals surface area contributed by atoms with Crippen LogP contribution in [0.4, 0.5) is 11.4 Å². The van der Waals surface area contributed by atoms with Crippen molar-refractivity contribution in [2.24, 2.45) is 0 Å². The second-order valence-corrected chi connectivity index (χ2v) is 9.71. The van der Waals surface area contributed by atoms with Crippen LogP contribution in [0.3, 0.4) is 0 Å². The first-order valence-electron chi connectivity index (χ1n) is 9.42. The molecule has 2 nitrogen and oxygen atoms in total. The molecule has 0 unspecified atom stereocenters. The topological polar surface area (TPSA) is 24.1 Å². The summed E-state index contributed by atoms with van der Waals surface area (Å²) in [5, 5.41) is 7.26. The first-order chi connectivity index (χ1) is 12.9. The van der Waals surface area contributed by atoms with Crippen LogP contribution in [0.1, 0.15) is 19.3 Å². The normalized spacial score (nSPS) is 17.5. The molecule has 0 aromatic heterocycles. The van der Waals surface area contributed by atoms with Crippen molar-refractivity contribution in [2.75, 3.05) is 46.7 Å². The van der Waals surface area contributed by atoms with Crippen molar-refractivity contribution >= 4 is 46.7 Å². The molecule has 0 spiro atoms. The Morgan fingerprint density at radius 2 is 1.08 bits per heavy atom. The summed E-state index contributed by atoms with van der Waals surface area (Å²) in [4.78, 5) is 2.78. The lowest BCUT2D eigenvalue weighted by molar-refractivity contribution is 0.720. The van der Waals surface area contributed by atoms with Gasteiger partial charge in [-0.15, -0.1) is 23.5 Å². The zero-order valence-electron chi connectivity index (χ0n) is 15.2. The lowest BCUT2D eigenvalue weighted by Crippen LogP contribution is -2.06. The minimum absolute atomic E-state index is 1.05. The molecule has 0 radical (unpaired) electrons. The Morgan fingerprint density at radius 1 is 0.577 bits per heavy atom. The van der Waals surface area contributed by atoms with E-state index in [-0.39, 0.29) is 0 Å². The van der Waals surface area contributed by atoms with Crippen molar-refractivity contribution < 1.29 is 0 Å². The van der Waals surface area contributed by atoms with Crippen LogP contribution in [0.25, 0.3) is 0 Å². The van der Waals surface area contributed by atoms with Crippen molar-refractivity contribution in [3.05, 3.63) is 48.5 Å². The molecule has 0 atom stereocenters. The maximum atomic E-state index is 3.63. The monoisotopic (exact) mass is 404 g/mol. The van der Waals surface area contributed by atoms with Crippen molar-refractivity contribution in [2.45, 2.75) is 29.1 Å². The SMILES string of the molecule is c1ccc2c(c1)NCCCCCNc1ccccc1SCCSCCS2. The van der Waals surface area contributed by atoms with Crippen molar-refractivity contribution in [3.8, 4) is 0 Å². The molecular weight excluding hydrogens is 376 g/mol. The molecule has 140 valence electrons. The number of rotatable bonds is 0. The number of para-hydroxylation sites is 2. The van der Waals surface area contributed by atoms with Crippen molar-refractivity contribution in [3.63, 3.8) is 0 Å². The third kappa shape index (κ3) is 6.67. The second-order valence-electron chi connectivity index (χ2n) is 6.22. The van der Waals surface area contributed by atoms with Crippen LogP contribution in [-0.2, 0) is 0 Å². The summed E-state index contributed by atoms with van der Waals surface area (Å²) in [6, 6.07) is 17.5. The van der Waals surface area contributed by atoms with Gasteiger partial charge in [0.15, 0.2) is 0 Å². The highest BCUT2D eigenvalue weighted by molar-refractivity contribution is 8.04. The van der Waals surface area contributed by atoms with Crippen molar-refractivity contribution in [1.82, 2.24) is 0 Å². The molecule has 2 N–H and O–H groups in total. The van der Waals surface area contributed by atoms with E-state index in [4.69, 9.17) is 0 Å². The third-order valence-corrected chi connectivity index (χ3v) is 7.88. The van der Waals surface area contributed by atoms with Crippen LogP contribution in [-0.4, -0.2) is 36.1 Å². The number of thioether (sulfide) groups is 3. The lowest BCUT2D eigenvalue weighted by Gasteiger charge is -2.14. The summed E-state index contributed by atoms with van der Waals surface area (Å²) in [5.74, 6) is 4.76. The Labute approximate surface area is 170 Å². The fraction of sp³-hybridized carbons (Fsp3) is 0.429. The van der Waals surface area contributed by atoms with Gasteiger partial charge >= 0.3 is 0 Å². The number of benzene rings is 2. The molecule has 1 aliphatic rings. The van der Waals surface area contributed by atoms with Gasteiger partial charge in [-0.1, -0.05) is 24.3 Å². The van der Waals surface area contributed by atoms with Gasteiger partial charge in [0, 0.05) is 57.3 Å². The first-order valence-corrected chi connectivity index (χ1v) is 12.6. The maximum Gasteiger partial charge on any atom is 0.0478 e. The van der Waals surface area contributed by atoms with Gasteiger partial charge in [-0.3, -0.25) is 0 Å². The molecule has 0 saturated heterocycles. The number of hydrogen-bond acceptors (Lipinski definition) is 5. The molecule has 0 saturated carbocycles. The number of fused-ring (bicyclic) bond motifs is 2. The zero-order chi connectivity index (χ0) is 17.9. The fourth-order valence-corrected chi connectivity index (χ4v) is 6.07. The van der Waals surface area contributed by atoms with E-state index in [1.807, 2.05) is 23.5 Å². The standard InChI is InChI=1S/C21H28N2S3/c1-6-12-22-18-8-2-4-10-20(18)25-16-14-24-15-17-26-21-11-5-3-9-19(21)23-13-7-1/h2-5,8-11,22-23H,1,6-7,12-17H2. The molecule has 0 aliphatic carbocycles. The molecule has 1 heterocycles. The van der Waals surface area contributed by atoms with Crippen LogP contribution in [0.5, 0.6) is 0 Å². The highest BCUT2D eigenvalue weighted by atomic mass is 32.2. The van der Waals surface area contributed by atoms with Crippen LogP contribution < -0.4 is 10.6 Å². The van der Waals surface area contributed by atoms with Gasteiger partial charge < -0.3 is 10.6 Å². The molecule has 0 bridgehead atoms. The van der Waals surface area contributed by atoms with E-state index in [0.717, 1.165) is 13.1 Å². The largest absolute Gasteiger partial charge is 0.384 e. The average Bonchev–Trinajstić information content (AvgIpc) is 2.68. The molecule has 26 heavy (non-hydrogen) atoms. The van der Waals surface area contributed by atoms with E-state index in [9.17, 15) is 0 Å². The van der Waals surface area contributed by atoms with Crippen LogP contribution in [0.2, 0.25) is 0 Å². The summed E-state index contributed by atoms with van der Waals surface area (Å²) in [5.41, 5.74) is 2.59. The minimum Gasteiger partial charge on any atom is -0.384 e. The van der Waals surface area contributed by atoms with E-state index in [1.165, 1.54) is 63.4 Å². The van der Waals surface area contributed by atoms with Gasteiger partial charge in [0.1, 0.15) is 0 Å². The third-order valence-electron chi connectivity index (χ3n) is 4.23. The quantitative estimate of drug-likeness (QED) is 0.536. The summed E-state index contributed by atoms with van der Waals surface area (Å²) in [6.45, 7) is 2.11. The van der Waals surface area contributed by atoms with E-state index in [2.05, 4.69) is 70.9 Å². The van der Waals surface area contributed by atoms with Gasteiger partial charge in [0.2, 0.25) is 0 Å². The lowest BCUT2D eigenvalue weighted by atomic mass is 10.2. The highest BCUT2D eigenvalue weighted by Crippen LogP contribution is 2.29. The predicted molar refractivity (Wildman–Crippen MR) is 122 cm³/mol. The molecule has 2 aromatic rings. The summed E-state index contributed by atoms with van der Waals surface area (Å²) < 4.78 is 0. The Hall–Kier alpha value is -0.910. The first kappa shape index (κ1) is 19.8. The van der Waals surface area contributed by atoms with Gasteiger partial charge in [0.25, 0.3) is 0 Å². The van der Waals surface area contributed by atoms with E-state index < -0.39 is 0 Å². The Morgan fingerprint density at radius 3 is 1.62 bits per heavy atom. The Balaban J connectivity index is 1.56. The van der Waals surface area contributed by atoms with E-state index in [1.54, 1.807) is 0 Å². The molecule has 0 amide bonds. The molecule has 3 rings (SSSR count). The summed E-state index contributed by atoms with van der Waals surface area (Å²) in [6.07, 6.45) is 3.68. The minimum atomic E-state index is 1.05. The molecule has 1 aliphatic heterocycles. The van der Waals surface area contributed by atoms with Crippen LogP contribution in [0.15, 0.2) is 58.3 Å². The van der Waals surface area contributed by atoms with E-state index >= 15 is 0 Å². The maximum absolute atomic E-state index is 3.63. The predicted octanol–water partition coefficient (Wildman–Crippen LogP) is 6.31. The number of hydrogen-bond donors (Lipinski definition) is 2. The number of nitrogens with one attached hydrogen (secondary N) is 2. The molecular formula is C21H28N2S3. The average molecular weight is 405 g/mol. The Kier molecular flexibility index (Phi) is 8.95. The van der Waals surface area contributed by atoms with Gasteiger partial charge in [-0.25, -0.2) is 0 Å². The smallest absolute Gasteiger partial charge is 0.0478 e. The second kappa shape index (κ2) is 11.7. The fourth-order valence-electron chi connectivity index (χ4n) is 2.87. The zero-order valence-corrected chi connectivity index (χ0v) is 17.7. The van der Waals surface area contributed by atoms with Crippen LogP contribution >= 0.6 is 35.3 Å². The molecule has 2 aromatic carbocycles. The van der Waals surface area contributed by atoms with Crippen molar-refractivity contribution in [1.29, 1.82) is 0 Å². The summed E-state index contributed by atoms with van der Waals surface area (Å²) >= 11 is 6.02. The molecule has 0 fully saturated rings. The summed E-state index contributed by atoms with van der Waals surface area (Å²) in [7, 11) is 0.